The molecular weight excluding hydrogens is 204 g/mol. The molecule has 1 atom stereocenters. The first-order valence-electron chi connectivity index (χ1n) is 5.50. The van der Waals surface area contributed by atoms with E-state index < -0.39 is 0 Å². The van der Waals surface area contributed by atoms with Crippen molar-refractivity contribution >= 4 is 5.91 Å². The third-order valence-corrected chi connectivity index (χ3v) is 2.35. The monoisotopic (exact) mass is 224 g/mol. The van der Waals surface area contributed by atoms with Gasteiger partial charge in [0.2, 0.25) is 5.91 Å². The van der Waals surface area contributed by atoms with E-state index in [1.807, 2.05) is 16.9 Å². The van der Waals surface area contributed by atoms with Gasteiger partial charge in [0.25, 0.3) is 0 Å². The Labute approximate surface area is 96.4 Å². The lowest BCUT2D eigenvalue weighted by molar-refractivity contribution is -0.128. The Kier molecular flexibility index (Phi) is 4.98. The van der Waals surface area contributed by atoms with Gasteiger partial charge >= 0.3 is 0 Å². The zero-order valence-corrected chi connectivity index (χ0v) is 10.2. The van der Waals surface area contributed by atoms with Crippen molar-refractivity contribution in [1.82, 2.24) is 20.0 Å². The van der Waals surface area contributed by atoms with Crippen molar-refractivity contribution in [3.05, 3.63) is 18.5 Å². The summed E-state index contributed by atoms with van der Waals surface area (Å²) in [5.41, 5.74) is 0. The minimum atomic E-state index is 0.152. The van der Waals surface area contributed by atoms with Crippen LogP contribution in [0.25, 0.3) is 0 Å². The average molecular weight is 224 g/mol. The summed E-state index contributed by atoms with van der Waals surface area (Å²) in [5.74, 6) is 0.152. The topological polar surface area (TPSA) is 50.2 Å². The first-order chi connectivity index (χ1) is 7.59. The molecule has 0 spiro atoms. The molecular formula is C11H20N4O. The second kappa shape index (κ2) is 6.27. The van der Waals surface area contributed by atoms with Crippen molar-refractivity contribution in [2.24, 2.45) is 0 Å². The fourth-order valence-electron chi connectivity index (χ4n) is 1.40. The van der Waals surface area contributed by atoms with Gasteiger partial charge in [-0.3, -0.25) is 9.48 Å². The second-order valence-electron chi connectivity index (χ2n) is 4.12. The van der Waals surface area contributed by atoms with Gasteiger partial charge in [0.15, 0.2) is 0 Å². The van der Waals surface area contributed by atoms with Gasteiger partial charge in [0.05, 0.1) is 6.54 Å². The van der Waals surface area contributed by atoms with E-state index in [1.165, 1.54) is 0 Å². The molecule has 0 aliphatic carbocycles. The molecule has 90 valence electrons. The molecule has 1 aromatic heterocycles. The smallest absolute Gasteiger partial charge is 0.223 e. The van der Waals surface area contributed by atoms with Gasteiger partial charge in [0.1, 0.15) is 0 Å². The highest BCUT2D eigenvalue weighted by atomic mass is 16.2. The fourth-order valence-corrected chi connectivity index (χ4v) is 1.40. The zero-order chi connectivity index (χ0) is 12.0. The van der Waals surface area contributed by atoms with Gasteiger partial charge in [-0.05, 0) is 13.0 Å². The Balaban J connectivity index is 2.16. The Morgan fingerprint density at radius 2 is 2.31 bits per heavy atom. The van der Waals surface area contributed by atoms with E-state index in [0.29, 0.717) is 19.0 Å². The number of aromatic nitrogens is 2. The van der Waals surface area contributed by atoms with Crippen LogP contribution in [-0.2, 0) is 11.3 Å². The number of rotatable bonds is 6. The fraction of sp³-hybridized carbons (Fsp3) is 0.636. The van der Waals surface area contributed by atoms with Gasteiger partial charge in [-0.1, -0.05) is 0 Å². The molecule has 1 heterocycles. The molecule has 5 heteroatoms. The predicted octanol–water partition coefficient (Wildman–Crippen LogP) is 0.339. The van der Waals surface area contributed by atoms with Gasteiger partial charge in [-0.25, -0.2) is 0 Å². The minimum Gasteiger partial charge on any atom is -0.349 e. The standard InChI is InChI=1S/C11H20N4O/c1-10(9-15-8-4-6-13-15)12-7-5-11(16)14(2)3/h4,6,8,10,12H,5,7,9H2,1-3H3/t10-/m1/s1. The van der Waals surface area contributed by atoms with Crippen molar-refractivity contribution in [3.63, 3.8) is 0 Å². The largest absolute Gasteiger partial charge is 0.349 e. The highest BCUT2D eigenvalue weighted by Crippen LogP contribution is 1.92. The highest BCUT2D eigenvalue weighted by molar-refractivity contribution is 5.75. The van der Waals surface area contributed by atoms with Crippen molar-refractivity contribution < 1.29 is 4.79 Å². The van der Waals surface area contributed by atoms with Crippen molar-refractivity contribution in [1.29, 1.82) is 0 Å². The van der Waals surface area contributed by atoms with Gasteiger partial charge in [-0.2, -0.15) is 5.10 Å². The van der Waals surface area contributed by atoms with Crippen LogP contribution in [0.15, 0.2) is 18.5 Å². The quantitative estimate of drug-likeness (QED) is 0.758. The van der Waals surface area contributed by atoms with Gasteiger partial charge in [-0.15, -0.1) is 0 Å². The summed E-state index contributed by atoms with van der Waals surface area (Å²) >= 11 is 0. The molecule has 1 N–H and O–H groups in total. The summed E-state index contributed by atoms with van der Waals surface area (Å²) in [7, 11) is 3.55. The van der Waals surface area contributed by atoms with Crippen LogP contribution in [0.4, 0.5) is 0 Å². The molecule has 0 fully saturated rings. The third-order valence-electron chi connectivity index (χ3n) is 2.35. The van der Waals surface area contributed by atoms with Crippen molar-refractivity contribution in [2.45, 2.75) is 25.9 Å². The van der Waals surface area contributed by atoms with E-state index in [0.717, 1.165) is 6.54 Å². The van der Waals surface area contributed by atoms with E-state index in [9.17, 15) is 4.79 Å². The molecule has 0 bridgehead atoms. The van der Waals surface area contributed by atoms with Crippen molar-refractivity contribution in [3.8, 4) is 0 Å². The molecule has 0 aliphatic heterocycles. The lowest BCUT2D eigenvalue weighted by Crippen LogP contribution is -2.34. The number of nitrogens with zero attached hydrogens (tertiary/aromatic N) is 3. The summed E-state index contributed by atoms with van der Waals surface area (Å²) in [4.78, 5) is 12.9. The van der Waals surface area contributed by atoms with Crippen LogP contribution >= 0.6 is 0 Å². The van der Waals surface area contributed by atoms with Crippen LogP contribution in [-0.4, -0.2) is 47.3 Å². The summed E-state index contributed by atoms with van der Waals surface area (Å²) in [6.07, 6.45) is 4.24. The molecule has 1 amide bonds. The maximum Gasteiger partial charge on any atom is 0.223 e. The summed E-state index contributed by atoms with van der Waals surface area (Å²) in [6, 6.07) is 2.22. The van der Waals surface area contributed by atoms with Crippen LogP contribution < -0.4 is 5.32 Å². The first kappa shape index (κ1) is 12.7. The predicted molar refractivity (Wildman–Crippen MR) is 63.0 cm³/mol. The third kappa shape index (κ3) is 4.44. The van der Waals surface area contributed by atoms with E-state index in [4.69, 9.17) is 0 Å². The van der Waals surface area contributed by atoms with Crippen LogP contribution in [0.1, 0.15) is 13.3 Å². The zero-order valence-electron chi connectivity index (χ0n) is 10.2. The maximum atomic E-state index is 11.3. The SMILES string of the molecule is C[C@H](Cn1cccn1)NCCC(=O)N(C)C. The van der Waals surface area contributed by atoms with Gasteiger partial charge < -0.3 is 10.2 Å². The normalized spacial score (nSPS) is 12.4. The number of carbonyl (C=O) groups excluding carboxylic acids is 1. The number of hydrogen-bond acceptors (Lipinski definition) is 3. The molecule has 5 nitrogen and oxygen atoms in total. The molecule has 0 saturated heterocycles. The molecule has 1 aromatic rings. The molecule has 1 rings (SSSR count). The Bertz CT molecular complexity index is 308. The average Bonchev–Trinajstić information content (AvgIpc) is 2.70. The lowest BCUT2D eigenvalue weighted by atomic mass is 10.3. The Morgan fingerprint density at radius 1 is 1.56 bits per heavy atom. The van der Waals surface area contributed by atoms with Crippen LogP contribution in [0.3, 0.4) is 0 Å². The van der Waals surface area contributed by atoms with Crippen LogP contribution in [0, 0.1) is 0 Å². The van der Waals surface area contributed by atoms with Crippen LogP contribution in [0.5, 0.6) is 0 Å². The van der Waals surface area contributed by atoms with Gasteiger partial charge in [0, 0.05) is 45.5 Å². The minimum absolute atomic E-state index is 0.152. The lowest BCUT2D eigenvalue weighted by Gasteiger charge is -2.15. The van der Waals surface area contributed by atoms with E-state index >= 15 is 0 Å². The van der Waals surface area contributed by atoms with Crippen molar-refractivity contribution in [2.75, 3.05) is 20.6 Å². The van der Waals surface area contributed by atoms with Crippen LogP contribution in [0.2, 0.25) is 0 Å². The summed E-state index contributed by atoms with van der Waals surface area (Å²) in [5, 5.41) is 7.43. The Morgan fingerprint density at radius 3 is 2.88 bits per heavy atom. The number of nitrogens with one attached hydrogen (secondary N) is 1. The van der Waals surface area contributed by atoms with E-state index in [-0.39, 0.29) is 5.91 Å². The second-order valence-corrected chi connectivity index (χ2v) is 4.12. The van der Waals surface area contributed by atoms with E-state index in [2.05, 4.69) is 17.3 Å². The number of amides is 1. The molecule has 16 heavy (non-hydrogen) atoms. The maximum absolute atomic E-state index is 11.3. The van der Waals surface area contributed by atoms with E-state index in [1.54, 1.807) is 25.2 Å². The molecule has 0 aromatic carbocycles. The molecule has 0 aliphatic rings. The summed E-state index contributed by atoms with van der Waals surface area (Å²) in [6.45, 7) is 3.62. The molecule has 0 radical (unpaired) electrons. The number of carbonyl (C=O) groups is 1. The number of hydrogen-bond donors (Lipinski definition) is 1. The first-order valence-corrected chi connectivity index (χ1v) is 5.50. The molecule has 0 saturated carbocycles. The Hall–Kier alpha value is -1.36. The highest BCUT2D eigenvalue weighted by Gasteiger charge is 2.06. The molecule has 0 unspecified atom stereocenters. The summed E-state index contributed by atoms with van der Waals surface area (Å²) < 4.78 is 1.88.